The van der Waals surface area contributed by atoms with E-state index in [1.165, 1.54) is 33.3 Å². The lowest BCUT2D eigenvalue weighted by Crippen LogP contribution is -2.35. The van der Waals surface area contributed by atoms with Crippen LogP contribution in [0.4, 0.5) is 0 Å². The third-order valence-electron chi connectivity index (χ3n) is 7.52. The third kappa shape index (κ3) is 5.45. The van der Waals surface area contributed by atoms with Crippen LogP contribution in [0.25, 0.3) is 10.8 Å². The summed E-state index contributed by atoms with van der Waals surface area (Å²) in [6.07, 6.45) is 3.52. The summed E-state index contributed by atoms with van der Waals surface area (Å²) in [6.45, 7) is 4.87. The van der Waals surface area contributed by atoms with Crippen LogP contribution in [0.5, 0.6) is 0 Å². The van der Waals surface area contributed by atoms with Crippen LogP contribution in [0.15, 0.2) is 84.3 Å². The second kappa shape index (κ2) is 10.5. The molecule has 0 spiro atoms. The lowest BCUT2D eigenvalue weighted by molar-refractivity contribution is -0.117. The molecule has 7 nitrogen and oxygen atoms in total. The van der Waals surface area contributed by atoms with E-state index in [0.717, 1.165) is 18.4 Å². The number of hydrogen-bond donors (Lipinski definition) is 2. The number of benzene rings is 3. The van der Waals surface area contributed by atoms with Gasteiger partial charge < -0.3 is 10.6 Å². The summed E-state index contributed by atoms with van der Waals surface area (Å²) in [7, 11) is -3.64. The average Bonchev–Trinajstić information content (AvgIpc) is 3.48. The number of hydrogen-bond acceptors (Lipinski definition) is 4. The van der Waals surface area contributed by atoms with Crippen LogP contribution in [0.3, 0.4) is 0 Å². The highest BCUT2D eigenvalue weighted by molar-refractivity contribution is 7.89. The molecule has 2 unspecified atom stereocenters. The van der Waals surface area contributed by atoms with Crippen LogP contribution in [-0.2, 0) is 21.2 Å². The highest BCUT2D eigenvalue weighted by atomic mass is 32.2. The van der Waals surface area contributed by atoms with Crippen molar-refractivity contribution in [2.45, 2.75) is 30.2 Å². The van der Waals surface area contributed by atoms with Gasteiger partial charge >= 0.3 is 0 Å². The van der Waals surface area contributed by atoms with Gasteiger partial charge in [-0.3, -0.25) is 9.59 Å². The van der Waals surface area contributed by atoms with Gasteiger partial charge in [0.05, 0.1) is 4.90 Å². The van der Waals surface area contributed by atoms with Crippen molar-refractivity contribution in [3.05, 3.63) is 90.5 Å². The number of amides is 2. The number of nitrogens with zero attached hydrogens (tertiary/aromatic N) is 1. The van der Waals surface area contributed by atoms with Gasteiger partial charge in [0.2, 0.25) is 15.9 Å². The van der Waals surface area contributed by atoms with Crippen LogP contribution in [0.2, 0.25) is 0 Å². The molecular weight excluding hydrogens is 486 g/mol. The Kier molecular flexibility index (Phi) is 7.13. The first-order valence-corrected chi connectivity index (χ1v) is 14.1. The number of nitrogens with one attached hydrogen (secondary N) is 2. The highest BCUT2D eigenvalue weighted by Gasteiger charge is 2.45. The molecule has 0 bridgehead atoms. The molecule has 2 fully saturated rings. The molecule has 8 heteroatoms. The molecule has 3 aromatic carbocycles. The molecule has 5 rings (SSSR count). The Morgan fingerprint density at radius 1 is 0.946 bits per heavy atom. The Morgan fingerprint density at radius 3 is 2.30 bits per heavy atom. The topological polar surface area (TPSA) is 95.6 Å². The van der Waals surface area contributed by atoms with E-state index >= 15 is 0 Å². The van der Waals surface area contributed by atoms with Crippen molar-refractivity contribution < 1.29 is 18.0 Å². The van der Waals surface area contributed by atoms with E-state index in [2.05, 4.69) is 47.5 Å². The minimum Gasteiger partial charge on any atom is -0.352 e. The number of carbonyl (C=O) groups is 2. The van der Waals surface area contributed by atoms with Crippen LogP contribution in [0.1, 0.15) is 28.8 Å². The van der Waals surface area contributed by atoms with E-state index in [4.69, 9.17) is 0 Å². The first kappa shape index (κ1) is 25.2. The second-order valence-electron chi connectivity index (χ2n) is 9.94. The molecule has 2 aliphatic rings. The Labute approximate surface area is 217 Å². The molecule has 2 amide bonds. The van der Waals surface area contributed by atoms with E-state index in [-0.39, 0.29) is 34.6 Å². The molecule has 1 saturated heterocycles. The fraction of sp³-hybridized carbons (Fsp3) is 0.310. The van der Waals surface area contributed by atoms with Crippen molar-refractivity contribution in [1.29, 1.82) is 0 Å². The molecular formula is C29H31N3O4S. The minimum atomic E-state index is -3.64. The first-order chi connectivity index (χ1) is 17.8. The molecule has 1 saturated carbocycles. The predicted molar refractivity (Wildman–Crippen MR) is 144 cm³/mol. The van der Waals surface area contributed by atoms with Gasteiger partial charge in [-0.1, -0.05) is 49.0 Å². The van der Waals surface area contributed by atoms with E-state index in [9.17, 15) is 18.0 Å². The maximum Gasteiger partial charge on any atom is 0.251 e. The van der Waals surface area contributed by atoms with Gasteiger partial charge in [0.25, 0.3) is 5.91 Å². The minimum absolute atomic E-state index is 0.0735. The second-order valence-corrected chi connectivity index (χ2v) is 11.9. The van der Waals surface area contributed by atoms with Gasteiger partial charge in [0.1, 0.15) is 0 Å². The zero-order valence-electron chi connectivity index (χ0n) is 20.6. The smallest absolute Gasteiger partial charge is 0.251 e. The zero-order chi connectivity index (χ0) is 26.0. The summed E-state index contributed by atoms with van der Waals surface area (Å²) in [5.41, 5.74) is 1.57. The Hall–Kier alpha value is -3.49. The summed E-state index contributed by atoms with van der Waals surface area (Å²) in [5.74, 6) is 0.0513. The molecule has 2 N–H and O–H groups in total. The van der Waals surface area contributed by atoms with Crippen LogP contribution in [-0.4, -0.2) is 50.2 Å². The maximum absolute atomic E-state index is 13.2. The van der Waals surface area contributed by atoms with Gasteiger partial charge in [0, 0.05) is 31.2 Å². The summed E-state index contributed by atoms with van der Waals surface area (Å²) in [4.78, 5) is 24.4. The van der Waals surface area contributed by atoms with E-state index in [0.29, 0.717) is 31.6 Å². The van der Waals surface area contributed by atoms with Gasteiger partial charge in [-0.05, 0) is 77.8 Å². The molecule has 1 aliphatic heterocycles. The number of fused-ring (bicyclic) bond motifs is 2. The quantitative estimate of drug-likeness (QED) is 0.447. The van der Waals surface area contributed by atoms with Crippen molar-refractivity contribution in [2.75, 3.05) is 19.6 Å². The first-order valence-electron chi connectivity index (χ1n) is 12.6. The molecule has 37 heavy (non-hydrogen) atoms. The van der Waals surface area contributed by atoms with Crippen molar-refractivity contribution >= 4 is 32.6 Å². The summed E-state index contributed by atoms with van der Waals surface area (Å²) < 4.78 is 28.0. The lowest BCUT2D eigenvalue weighted by Gasteiger charge is -2.19. The van der Waals surface area contributed by atoms with Gasteiger partial charge in [-0.2, -0.15) is 4.31 Å². The van der Waals surface area contributed by atoms with Crippen LogP contribution >= 0.6 is 0 Å². The van der Waals surface area contributed by atoms with Crippen molar-refractivity contribution in [2.24, 2.45) is 11.8 Å². The monoisotopic (exact) mass is 517 g/mol. The zero-order valence-corrected chi connectivity index (χ0v) is 21.4. The molecule has 3 aromatic rings. The Bertz CT molecular complexity index is 1420. The number of sulfonamides is 1. The third-order valence-corrected chi connectivity index (χ3v) is 9.36. The standard InChI is InChI=1S/C29H31N3O4S/c1-2-28(33)31-26-16-24-18-32(19-25(24)17-26)37(35,36)27-11-9-22(10-12-27)29(34)30-14-13-20-7-8-21-5-3-4-6-23(21)15-20/h2-12,15,24-26H,1,13-14,16-19H2,(H,30,34)(H,31,33). The number of carbonyl (C=O) groups excluding carboxylic acids is 2. The Balaban J connectivity index is 1.14. The summed E-state index contributed by atoms with van der Waals surface area (Å²) in [5, 5.41) is 8.20. The number of rotatable bonds is 8. The van der Waals surface area contributed by atoms with Crippen molar-refractivity contribution in [1.82, 2.24) is 14.9 Å². The van der Waals surface area contributed by atoms with Gasteiger partial charge in [-0.15, -0.1) is 0 Å². The van der Waals surface area contributed by atoms with Gasteiger partial charge in [0.15, 0.2) is 0 Å². The lowest BCUT2D eigenvalue weighted by atomic mass is 10.0. The fourth-order valence-corrected chi connectivity index (χ4v) is 7.13. The SMILES string of the molecule is C=CC(=O)NC1CC2CN(S(=O)(=O)c3ccc(C(=O)NCCc4ccc5ccccc5c4)cc3)CC2C1. The molecule has 1 heterocycles. The molecule has 0 radical (unpaired) electrons. The van der Waals surface area contributed by atoms with E-state index < -0.39 is 10.0 Å². The molecule has 192 valence electrons. The molecule has 0 aromatic heterocycles. The Morgan fingerprint density at radius 2 is 1.62 bits per heavy atom. The van der Waals surface area contributed by atoms with Gasteiger partial charge in [-0.25, -0.2) is 8.42 Å². The average molecular weight is 518 g/mol. The van der Waals surface area contributed by atoms with Crippen molar-refractivity contribution in [3.63, 3.8) is 0 Å². The van der Waals surface area contributed by atoms with E-state index in [1.807, 2.05) is 12.1 Å². The van der Waals surface area contributed by atoms with Crippen LogP contribution in [0, 0.1) is 11.8 Å². The largest absolute Gasteiger partial charge is 0.352 e. The predicted octanol–water partition coefficient (Wildman–Crippen LogP) is 3.51. The molecule has 1 aliphatic carbocycles. The van der Waals surface area contributed by atoms with Crippen molar-refractivity contribution in [3.8, 4) is 0 Å². The highest BCUT2D eigenvalue weighted by Crippen LogP contribution is 2.40. The van der Waals surface area contributed by atoms with E-state index in [1.54, 1.807) is 12.1 Å². The maximum atomic E-state index is 13.2. The fourth-order valence-electron chi connectivity index (χ4n) is 5.58. The molecule has 2 atom stereocenters. The van der Waals surface area contributed by atoms with Crippen LogP contribution < -0.4 is 10.6 Å². The normalized spacial score (nSPS) is 21.5. The summed E-state index contributed by atoms with van der Waals surface area (Å²) >= 11 is 0. The summed E-state index contributed by atoms with van der Waals surface area (Å²) in [6, 6.07) is 20.7.